The third kappa shape index (κ3) is 2.10. The van der Waals surface area contributed by atoms with Crippen LogP contribution in [-0.2, 0) is 9.53 Å². The Bertz CT molecular complexity index is 677. The van der Waals surface area contributed by atoms with Crippen LogP contribution in [0.3, 0.4) is 0 Å². The van der Waals surface area contributed by atoms with E-state index in [9.17, 15) is 9.59 Å². The number of fused-ring (bicyclic) bond motifs is 2. The average molecular weight is 287 g/mol. The molecule has 102 valence electrons. The minimum absolute atomic E-state index is 0.124. The van der Waals surface area contributed by atoms with Crippen molar-refractivity contribution >= 4 is 28.9 Å². The van der Waals surface area contributed by atoms with Gasteiger partial charge in [0.15, 0.2) is 0 Å². The maximum Gasteiger partial charge on any atom is 0.306 e. The summed E-state index contributed by atoms with van der Waals surface area (Å²) in [5.74, 6) is -0.559. The molecule has 5 heteroatoms. The van der Waals surface area contributed by atoms with Crippen molar-refractivity contribution in [1.29, 1.82) is 0 Å². The van der Waals surface area contributed by atoms with Crippen LogP contribution in [0.4, 0.5) is 5.69 Å². The van der Waals surface area contributed by atoms with Gasteiger partial charge in [-0.1, -0.05) is 18.2 Å². The fourth-order valence-electron chi connectivity index (χ4n) is 2.50. The highest BCUT2D eigenvalue weighted by atomic mass is 32.1. The Morgan fingerprint density at radius 3 is 2.90 bits per heavy atom. The average Bonchev–Trinajstić information content (AvgIpc) is 2.91. The normalized spacial score (nSPS) is 16.6. The number of esters is 1. The Hall–Kier alpha value is -2.14. The van der Waals surface area contributed by atoms with E-state index in [0.717, 1.165) is 16.8 Å². The van der Waals surface area contributed by atoms with Gasteiger partial charge in [0, 0.05) is 17.0 Å². The number of methoxy groups -OCH3 is 1. The third-order valence-corrected chi connectivity index (χ3v) is 4.26. The van der Waals surface area contributed by atoms with Crippen molar-refractivity contribution in [3.8, 4) is 0 Å². The summed E-state index contributed by atoms with van der Waals surface area (Å²) in [5.41, 5.74) is 3.24. The molecule has 1 atom stereocenters. The second-order valence-corrected chi connectivity index (χ2v) is 5.36. The fourth-order valence-corrected chi connectivity index (χ4v) is 3.39. The van der Waals surface area contributed by atoms with Crippen LogP contribution >= 0.6 is 11.3 Å². The van der Waals surface area contributed by atoms with Gasteiger partial charge >= 0.3 is 5.97 Å². The minimum Gasteiger partial charge on any atom is -0.469 e. The molecule has 3 rings (SSSR count). The Morgan fingerprint density at radius 1 is 1.30 bits per heavy atom. The van der Waals surface area contributed by atoms with E-state index in [1.165, 1.54) is 18.4 Å². The van der Waals surface area contributed by atoms with Gasteiger partial charge in [0.1, 0.15) is 0 Å². The molecule has 2 aromatic rings. The Labute approximate surface area is 120 Å². The molecular formula is C15H13NO3S. The number of ether oxygens (including phenoxy) is 1. The molecule has 20 heavy (non-hydrogen) atoms. The predicted octanol–water partition coefficient (Wildman–Crippen LogP) is 3.01. The van der Waals surface area contributed by atoms with Crippen molar-refractivity contribution in [2.24, 2.45) is 0 Å². The molecule has 0 bridgehead atoms. The van der Waals surface area contributed by atoms with Crippen molar-refractivity contribution in [1.82, 2.24) is 0 Å². The lowest BCUT2D eigenvalue weighted by Crippen LogP contribution is -2.10. The zero-order valence-electron chi connectivity index (χ0n) is 10.9. The molecule has 1 amide bonds. The number of hydrogen-bond donors (Lipinski definition) is 1. The van der Waals surface area contributed by atoms with Gasteiger partial charge in [-0.15, -0.1) is 0 Å². The standard InChI is InChI=1S/C15H13NO3S/c1-19-14(17)6-10-9-4-2-3-5-13(9)16-15(18)12-8-20-7-11(10)12/h2-5,7-8,10H,6H2,1H3,(H,16,18). The summed E-state index contributed by atoms with van der Waals surface area (Å²) in [7, 11) is 1.38. The van der Waals surface area contributed by atoms with Crippen LogP contribution in [-0.4, -0.2) is 19.0 Å². The molecule has 2 heterocycles. The van der Waals surface area contributed by atoms with Crippen molar-refractivity contribution < 1.29 is 14.3 Å². The van der Waals surface area contributed by atoms with Gasteiger partial charge in [0.2, 0.25) is 0 Å². The van der Waals surface area contributed by atoms with Gasteiger partial charge < -0.3 is 10.1 Å². The van der Waals surface area contributed by atoms with Crippen molar-refractivity contribution in [2.75, 3.05) is 12.4 Å². The number of para-hydroxylation sites is 1. The highest BCUT2D eigenvalue weighted by molar-refractivity contribution is 7.08. The van der Waals surface area contributed by atoms with Crippen LogP contribution in [0, 0.1) is 0 Å². The van der Waals surface area contributed by atoms with E-state index in [1.54, 1.807) is 0 Å². The number of carbonyl (C=O) groups is 2. The van der Waals surface area contributed by atoms with Crippen LogP contribution in [0.5, 0.6) is 0 Å². The zero-order valence-corrected chi connectivity index (χ0v) is 11.7. The van der Waals surface area contributed by atoms with E-state index in [0.29, 0.717) is 5.56 Å². The Balaban J connectivity index is 2.14. The molecule has 1 aliphatic heterocycles. The van der Waals surface area contributed by atoms with Gasteiger partial charge in [0.05, 0.1) is 19.1 Å². The lowest BCUT2D eigenvalue weighted by Gasteiger charge is -2.16. The summed E-state index contributed by atoms with van der Waals surface area (Å²) in [5, 5.41) is 6.66. The molecule has 1 aromatic heterocycles. The maximum atomic E-state index is 12.2. The number of carbonyl (C=O) groups excluding carboxylic acids is 2. The molecule has 0 saturated carbocycles. The molecule has 0 aliphatic carbocycles. The largest absolute Gasteiger partial charge is 0.469 e. The minimum atomic E-state index is -0.281. The second kappa shape index (κ2) is 5.09. The summed E-state index contributed by atoms with van der Waals surface area (Å²) in [6, 6.07) is 7.57. The van der Waals surface area contributed by atoms with Crippen molar-refractivity contribution in [2.45, 2.75) is 12.3 Å². The summed E-state index contributed by atoms with van der Waals surface area (Å²) >= 11 is 1.47. The van der Waals surface area contributed by atoms with E-state index in [4.69, 9.17) is 4.74 Å². The molecule has 0 spiro atoms. The molecule has 0 saturated heterocycles. The summed E-state index contributed by atoms with van der Waals surface area (Å²) in [6.07, 6.45) is 0.228. The summed E-state index contributed by atoms with van der Waals surface area (Å²) < 4.78 is 4.79. The first-order chi connectivity index (χ1) is 9.70. The van der Waals surface area contributed by atoms with Crippen LogP contribution in [0.1, 0.15) is 33.8 Å². The van der Waals surface area contributed by atoms with E-state index < -0.39 is 0 Å². The highest BCUT2D eigenvalue weighted by Crippen LogP contribution is 2.39. The maximum absolute atomic E-state index is 12.2. The SMILES string of the molecule is COC(=O)CC1c2ccccc2NC(=O)c2cscc21. The Kier molecular flexibility index (Phi) is 3.28. The first-order valence-corrected chi connectivity index (χ1v) is 7.18. The van der Waals surface area contributed by atoms with Gasteiger partial charge in [0.25, 0.3) is 5.91 Å². The molecule has 4 nitrogen and oxygen atoms in total. The number of anilines is 1. The molecule has 1 unspecified atom stereocenters. The van der Waals surface area contributed by atoms with Gasteiger partial charge in [-0.3, -0.25) is 9.59 Å². The third-order valence-electron chi connectivity index (χ3n) is 3.49. The molecule has 0 radical (unpaired) electrons. The fraction of sp³-hybridized carbons (Fsp3) is 0.200. The number of benzene rings is 1. The highest BCUT2D eigenvalue weighted by Gasteiger charge is 2.29. The van der Waals surface area contributed by atoms with Crippen LogP contribution in [0.25, 0.3) is 0 Å². The summed E-state index contributed by atoms with van der Waals surface area (Å²) in [6.45, 7) is 0. The monoisotopic (exact) mass is 287 g/mol. The second-order valence-electron chi connectivity index (χ2n) is 4.62. The van der Waals surface area contributed by atoms with Crippen LogP contribution < -0.4 is 5.32 Å². The van der Waals surface area contributed by atoms with E-state index in [1.807, 2.05) is 35.0 Å². The molecule has 1 aromatic carbocycles. The van der Waals surface area contributed by atoms with Gasteiger partial charge in [-0.05, 0) is 22.6 Å². The van der Waals surface area contributed by atoms with E-state index >= 15 is 0 Å². The number of nitrogens with one attached hydrogen (secondary N) is 1. The molecule has 1 aliphatic rings. The van der Waals surface area contributed by atoms with Crippen LogP contribution in [0.2, 0.25) is 0 Å². The first kappa shape index (κ1) is 12.9. The quantitative estimate of drug-likeness (QED) is 0.864. The molecule has 0 fully saturated rings. The lowest BCUT2D eigenvalue weighted by molar-refractivity contribution is -0.140. The Morgan fingerprint density at radius 2 is 2.10 bits per heavy atom. The number of rotatable bonds is 2. The van der Waals surface area contributed by atoms with Gasteiger partial charge in [-0.2, -0.15) is 11.3 Å². The number of thiophene rings is 1. The van der Waals surface area contributed by atoms with Crippen LogP contribution in [0.15, 0.2) is 35.0 Å². The number of hydrogen-bond acceptors (Lipinski definition) is 4. The number of amides is 1. The molecule has 1 N–H and O–H groups in total. The lowest BCUT2D eigenvalue weighted by atomic mass is 9.88. The topological polar surface area (TPSA) is 55.4 Å². The van der Waals surface area contributed by atoms with Crippen molar-refractivity contribution in [3.05, 3.63) is 51.7 Å². The smallest absolute Gasteiger partial charge is 0.306 e. The first-order valence-electron chi connectivity index (χ1n) is 6.24. The van der Waals surface area contributed by atoms with E-state index in [-0.39, 0.29) is 24.2 Å². The zero-order chi connectivity index (χ0) is 14.1. The van der Waals surface area contributed by atoms with Gasteiger partial charge in [-0.25, -0.2) is 0 Å². The predicted molar refractivity (Wildman–Crippen MR) is 77.2 cm³/mol. The molecular weight excluding hydrogens is 274 g/mol. The van der Waals surface area contributed by atoms with Crippen molar-refractivity contribution in [3.63, 3.8) is 0 Å². The van der Waals surface area contributed by atoms with E-state index in [2.05, 4.69) is 5.32 Å². The summed E-state index contributed by atoms with van der Waals surface area (Å²) in [4.78, 5) is 23.9.